The summed E-state index contributed by atoms with van der Waals surface area (Å²) in [6, 6.07) is 10.9. The maximum atomic E-state index is 12.8. The highest BCUT2D eigenvalue weighted by molar-refractivity contribution is 5.94. The lowest BCUT2D eigenvalue weighted by Gasteiger charge is -2.35. The first-order valence-corrected chi connectivity index (χ1v) is 9.34. The van der Waals surface area contributed by atoms with E-state index in [4.69, 9.17) is 0 Å². The molecule has 1 atom stereocenters. The van der Waals surface area contributed by atoms with Crippen molar-refractivity contribution in [2.45, 2.75) is 38.6 Å². The number of piperidine rings is 1. The molecule has 0 spiro atoms. The summed E-state index contributed by atoms with van der Waals surface area (Å²) in [6.45, 7) is 2.96. The van der Waals surface area contributed by atoms with Crippen LogP contribution < -0.4 is 5.32 Å². The topological polar surface area (TPSA) is 71.5 Å². The van der Waals surface area contributed by atoms with Crippen molar-refractivity contribution in [3.05, 3.63) is 53.7 Å². The zero-order valence-electron chi connectivity index (χ0n) is 15.8. The van der Waals surface area contributed by atoms with E-state index in [-0.39, 0.29) is 11.9 Å². The van der Waals surface area contributed by atoms with Gasteiger partial charge >= 0.3 is 5.97 Å². The summed E-state index contributed by atoms with van der Waals surface area (Å²) in [6.07, 6.45) is 5.95. The molecule has 6 nitrogen and oxygen atoms in total. The van der Waals surface area contributed by atoms with Crippen LogP contribution in [0, 0.1) is 0 Å². The third kappa shape index (κ3) is 4.45. The van der Waals surface area contributed by atoms with E-state index in [2.05, 4.69) is 22.0 Å². The van der Waals surface area contributed by atoms with Gasteiger partial charge in [-0.2, -0.15) is 0 Å². The molecule has 0 saturated carbocycles. The van der Waals surface area contributed by atoms with Crippen LogP contribution in [0.5, 0.6) is 0 Å². The van der Waals surface area contributed by atoms with Crippen LogP contribution in [0.4, 0.5) is 11.5 Å². The number of anilines is 2. The highest BCUT2D eigenvalue weighted by Crippen LogP contribution is 2.22. The van der Waals surface area contributed by atoms with Crippen molar-refractivity contribution in [2.24, 2.45) is 0 Å². The number of hydrogen-bond acceptors (Lipinski definition) is 5. The van der Waals surface area contributed by atoms with Crippen molar-refractivity contribution < 1.29 is 14.3 Å². The summed E-state index contributed by atoms with van der Waals surface area (Å²) in [7, 11) is 1.36. The molecule has 2 aromatic rings. The number of esters is 1. The first-order valence-electron chi connectivity index (χ1n) is 9.34. The molecule has 1 aliphatic rings. The Bertz CT molecular complexity index is 787. The fourth-order valence-corrected chi connectivity index (χ4v) is 3.41. The molecule has 1 unspecified atom stereocenters. The average molecular weight is 367 g/mol. The summed E-state index contributed by atoms with van der Waals surface area (Å²) in [4.78, 5) is 30.6. The van der Waals surface area contributed by atoms with Gasteiger partial charge in [-0.1, -0.05) is 6.92 Å². The van der Waals surface area contributed by atoms with Gasteiger partial charge in [-0.25, -0.2) is 9.78 Å². The number of carbonyl (C=O) groups is 2. The van der Waals surface area contributed by atoms with Crippen molar-refractivity contribution in [1.82, 2.24) is 9.88 Å². The number of rotatable bonds is 5. The third-order valence-electron chi connectivity index (χ3n) is 4.95. The Kier molecular flexibility index (Phi) is 6.06. The molecule has 1 saturated heterocycles. The minimum absolute atomic E-state index is 0.0584. The number of likely N-dealkylation sites (tertiary alicyclic amines) is 1. The zero-order valence-corrected chi connectivity index (χ0v) is 15.8. The summed E-state index contributed by atoms with van der Waals surface area (Å²) in [5, 5.41) is 3.17. The molecule has 1 amide bonds. The summed E-state index contributed by atoms with van der Waals surface area (Å²) < 4.78 is 4.69. The Morgan fingerprint density at radius 2 is 1.89 bits per heavy atom. The van der Waals surface area contributed by atoms with E-state index in [0.717, 1.165) is 31.5 Å². The molecule has 142 valence electrons. The third-order valence-corrected chi connectivity index (χ3v) is 4.95. The van der Waals surface area contributed by atoms with Gasteiger partial charge in [0.1, 0.15) is 5.82 Å². The number of benzene rings is 1. The van der Waals surface area contributed by atoms with Gasteiger partial charge in [0.25, 0.3) is 5.91 Å². The maximum absolute atomic E-state index is 12.8. The summed E-state index contributed by atoms with van der Waals surface area (Å²) >= 11 is 0. The largest absolute Gasteiger partial charge is 0.465 e. The average Bonchev–Trinajstić information content (AvgIpc) is 2.73. The van der Waals surface area contributed by atoms with Crippen LogP contribution in [0.15, 0.2) is 42.6 Å². The minimum atomic E-state index is -0.370. The molecule has 3 rings (SSSR count). The highest BCUT2D eigenvalue weighted by Gasteiger charge is 2.26. The van der Waals surface area contributed by atoms with Crippen LogP contribution in [-0.2, 0) is 4.74 Å². The van der Waals surface area contributed by atoms with Gasteiger partial charge in [-0.3, -0.25) is 4.79 Å². The predicted octanol–water partition coefficient (Wildman–Crippen LogP) is 4.02. The Morgan fingerprint density at radius 3 is 2.52 bits per heavy atom. The van der Waals surface area contributed by atoms with Gasteiger partial charge in [-0.05, 0) is 62.1 Å². The van der Waals surface area contributed by atoms with E-state index in [9.17, 15) is 9.59 Å². The Morgan fingerprint density at radius 1 is 1.15 bits per heavy atom. The zero-order chi connectivity index (χ0) is 19.2. The Hall–Kier alpha value is -2.89. The first-order chi connectivity index (χ1) is 13.1. The van der Waals surface area contributed by atoms with Gasteiger partial charge in [0.2, 0.25) is 0 Å². The second-order valence-electron chi connectivity index (χ2n) is 6.68. The molecule has 0 bridgehead atoms. The second-order valence-corrected chi connectivity index (χ2v) is 6.68. The number of carbonyl (C=O) groups excluding carboxylic acids is 2. The fraction of sp³-hybridized carbons (Fsp3) is 0.381. The molecule has 6 heteroatoms. The predicted molar refractivity (Wildman–Crippen MR) is 104 cm³/mol. The number of nitrogens with zero attached hydrogens (tertiary/aromatic N) is 2. The fourth-order valence-electron chi connectivity index (χ4n) is 3.41. The molecule has 1 aliphatic heterocycles. The van der Waals surface area contributed by atoms with Crippen molar-refractivity contribution >= 4 is 23.4 Å². The van der Waals surface area contributed by atoms with Gasteiger partial charge in [0, 0.05) is 24.5 Å². The Labute approximate surface area is 159 Å². The van der Waals surface area contributed by atoms with Crippen LogP contribution >= 0.6 is 0 Å². The number of nitrogens with one attached hydrogen (secondary N) is 1. The van der Waals surface area contributed by atoms with Crippen molar-refractivity contribution in [3.8, 4) is 0 Å². The van der Waals surface area contributed by atoms with Gasteiger partial charge in [0.05, 0.1) is 18.2 Å². The first kappa shape index (κ1) is 18.9. The molecule has 1 fully saturated rings. The van der Waals surface area contributed by atoms with E-state index in [0.29, 0.717) is 23.0 Å². The normalized spacial score (nSPS) is 16.7. The number of ether oxygens (including phenoxy) is 1. The maximum Gasteiger partial charge on any atom is 0.337 e. The number of pyridine rings is 1. The second kappa shape index (κ2) is 8.66. The summed E-state index contributed by atoms with van der Waals surface area (Å²) in [5.74, 6) is 0.330. The van der Waals surface area contributed by atoms with E-state index < -0.39 is 0 Å². The molecular weight excluding hydrogens is 342 g/mol. The molecule has 2 heterocycles. The molecule has 0 aliphatic carbocycles. The number of hydrogen-bond donors (Lipinski definition) is 1. The molecule has 27 heavy (non-hydrogen) atoms. The lowest BCUT2D eigenvalue weighted by Crippen LogP contribution is -2.43. The lowest BCUT2D eigenvalue weighted by molar-refractivity contribution is 0.0595. The molecule has 1 N–H and O–H groups in total. The van der Waals surface area contributed by atoms with E-state index in [1.54, 1.807) is 36.5 Å². The van der Waals surface area contributed by atoms with Crippen LogP contribution in [0.2, 0.25) is 0 Å². The monoisotopic (exact) mass is 367 g/mol. The van der Waals surface area contributed by atoms with Crippen molar-refractivity contribution in [2.75, 3.05) is 19.0 Å². The van der Waals surface area contributed by atoms with E-state index >= 15 is 0 Å². The minimum Gasteiger partial charge on any atom is -0.465 e. The Balaban J connectivity index is 1.66. The number of aromatic nitrogens is 1. The number of methoxy groups -OCH3 is 1. The van der Waals surface area contributed by atoms with Crippen LogP contribution in [-0.4, -0.2) is 41.5 Å². The van der Waals surface area contributed by atoms with E-state index in [1.165, 1.54) is 13.5 Å². The molecule has 1 aromatic carbocycles. The van der Waals surface area contributed by atoms with Crippen LogP contribution in [0.25, 0.3) is 0 Å². The van der Waals surface area contributed by atoms with Crippen molar-refractivity contribution in [1.29, 1.82) is 0 Å². The van der Waals surface area contributed by atoms with Crippen LogP contribution in [0.3, 0.4) is 0 Å². The van der Waals surface area contributed by atoms with Gasteiger partial charge < -0.3 is 15.0 Å². The molecule has 0 radical (unpaired) electrons. The standard InChI is InChI=1S/C21H25N3O3/c1-3-18-6-4-5-13-24(18)20(25)16-9-12-19(22-14-16)23-17-10-7-15(8-11-17)21(26)27-2/h7-12,14,18H,3-6,13H2,1-2H3,(H,22,23). The summed E-state index contributed by atoms with van der Waals surface area (Å²) in [5.41, 5.74) is 1.90. The van der Waals surface area contributed by atoms with Gasteiger partial charge in [0.15, 0.2) is 0 Å². The van der Waals surface area contributed by atoms with Crippen LogP contribution in [0.1, 0.15) is 53.3 Å². The lowest BCUT2D eigenvalue weighted by atomic mass is 9.99. The molecule has 1 aromatic heterocycles. The highest BCUT2D eigenvalue weighted by atomic mass is 16.5. The van der Waals surface area contributed by atoms with E-state index in [1.807, 2.05) is 11.0 Å². The quantitative estimate of drug-likeness (QED) is 0.808. The SMILES string of the molecule is CCC1CCCCN1C(=O)c1ccc(Nc2ccc(C(=O)OC)cc2)nc1. The molecular formula is C21H25N3O3. The number of amides is 1. The van der Waals surface area contributed by atoms with Crippen molar-refractivity contribution in [3.63, 3.8) is 0 Å². The smallest absolute Gasteiger partial charge is 0.337 e. The van der Waals surface area contributed by atoms with Gasteiger partial charge in [-0.15, -0.1) is 0 Å².